The highest BCUT2D eigenvalue weighted by molar-refractivity contribution is 6.32. The summed E-state index contributed by atoms with van der Waals surface area (Å²) in [6, 6.07) is 6.62. The fraction of sp³-hybridized carbons (Fsp3) is 0.368. The third kappa shape index (κ3) is 3.72. The molecule has 2 unspecified atom stereocenters. The van der Waals surface area contributed by atoms with Gasteiger partial charge >= 0.3 is 6.18 Å². The van der Waals surface area contributed by atoms with Gasteiger partial charge in [0.05, 0.1) is 22.4 Å². The number of benzene rings is 1. The highest BCUT2D eigenvalue weighted by atomic mass is 35.5. The van der Waals surface area contributed by atoms with Gasteiger partial charge in [-0.3, -0.25) is 9.78 Å². The van der Waals surface area contributed by atoms with E-state index in [9.17, 15) is 28.2 Å². The Morgan fingerprint density at radius 1 is 1.30 bits per heavy atom. The number of Topliss-reactive ketones (excluding diaryl/α,β-unsaturated/α-hetero) is 1. The summed E-state index contributed by atoms with van der Waals surface area (Å²) in [5, 5.41) is 20.5. The van der Waals surface area contributed by atoms with E-state index in [0.29, 0.717) is 0 Å². The maximum atomic E-state index is 13.0. The average molecular weight is 400 g/mol. The zero-order chi connectivity index (χ0) is 19.8. The maximum Gasteiger partial charge on any atom is 0.417 e. The van der Waals surface area contributed by atoms with Crippen molar-refractivity contribution in [1.82, 2.24) is 4.98 Å². The Labute approximate surface area is 158 Å². The van der Waals surface area contributed by atoms with Gasteiger partial charge in [0.25, 0.3) is 0 Å². The Balaban J connectivity index is 1.82. The van der Waals surface area contributed by atoms with Gasteiger partial charge in [-0.15, -0.1) is 0 Å². The van der Waals surface area contributed by atoms with E-state index >= 15 is 0 Å². The maximum absolute atomic E-state index is 13.0. The number of aliphatic hydroxyl groups excluding tert-OH is 1. The van der Waals surface area contributed by atoms with E-state index in [-0.39, 0.29) is 42.5 Å². The second-order valence-electron chi connectivity index (χ2n) is 6.55. The van der Waals surface area contributed by atoms with Crippen LogP contribution in [0.1, 0.15) is 47.8 Å². The van der Waals surface area contributed by atoms with Gasteiger partial charge in [-0.1, -0.05) is 29.8 Å². The van der Waals surface area contributed by atoms with Gasteiger partial charge in [-0.2, -0.15) is 13.2 Å². The highest BCUT2D eigenvalue weighted by Crippen LogP contribution is 2.41. The molecular weight excluding hydrogens is 383 g/mol. The van der Waals surface area contributed by atoms with E-state index in [0.717, 1.165) is 6.07 Å². The highest BCUT2D eigenvalue weighted by Gasteiger charge is 2.44. The minimum Gasteiger partial charge on any atom is -0.387 e. The summed E-state index contributed by atoms with van der Waals surface area (Å²) in [5.41, 5.74) is -2.11. The second-order valence-corrected chi connectivity index (χ2v) is 6.93. The molecular formula is C19H17ClF3NO3. The van der Waals surface area contributed by atoms with Gasteiger partial charge in [0.2, 0.25) is 0 Å². The van der Waals surface area contributed by atoms with Crippen LogP contribution in [0.25, 0.3) is 0 Å². The average Bonchev–Trinajstić information content (AvgIpc) is 2.63. The van der Waals surface area contributed by atoms with Gasteiger partial charge < -0.3 is 10.2 Å². The van der Waals surface area contributed by atoms with Crippen molar-refractivity contribution < 1.29 is 28.2 Å². The summed E-state index contributed by atoms with van der Waals surface area (Å²) in [7, 11) is 0. The molecule has 0 saturated carbocycles. The number of fused-ring (bicyclic) bond motifs is 1. The number of hydrogen-bond donors (Lipinski definition) is 2. The molecule has 0 spiro atoms. The predicted molar refractivity (Wildman–Crippen MR) is 92.1 cm³/mol. The van der Waals surface area contributed by atoms with Crippen molar-refractivity contribution in [2.45, 2.75) is 43.6 Å². The first-order valence-corrected chi connectivity index (χ1v) is 8.76. The number of hydrogen-bond acceptors (Lipinski definition) is 4. The van der Waals surface area contributed by atoms with Crippen LogP contribution in [0, 0.1) is 0 Å². The molecule has 0 aliphatic heterocycles. The lowest BCUT2D eigenvalue weighted by Crippen LogP contribution is -2.40. The molecule has 8 heteroatoms. The number of carbonyl (C=O) groups excluding carboxylic acids is 1. The monoisotopic (exact) mass is 399 g/mol. The lowest BCUT2D eigenvalue weighted by atomic mass is 9.76. The molecule has 0 amide bonds. The van der Waals surface area contributed by atoms with E-state index in [1.165, 1.54) is 24.4 Å². The molecule has 1 heterocycles. The molecule has 0 radical (unpaired) electrons. The SMILES string of the molecule is O=C(CCc1cccc(C(F)(F)F)c1Cl)C1(O)CCC(O)c2ncccc21. The Kier molecular flexibility index (Phi) is 5.29. The Morgan fingerprint density at radius 3 is 2.74 bits per heavy atom. The van der Waals surface area contributed by atoms with Gasteiger partial charge in [0, 0.05) is 18.2 Å². The molecule has 0 bridgehead atoms. The van der Waals surface area contributed by atoms with Gasteiger partial charge in [0.1, 0.15) is 5.60 Å². The number of aliphatic hydroxyl groups is 2. The molecule has 1 aliphatic carbocycles. The molecule has 4 nitrogen and oxygen atoms in total. The molecule has 2 atom stereocenters. The van der Waals surface area contributed by atoms with Gasteiger partial charge in [-0.25, -0.2) is 0 Å². The topological polar surface area (TPSA) is 70.4 Å². The van der Waals surface area contributed by atoms with Crippen LogP contribution < -0.4 is 0 Å². The van der Waals surface area contributed by atoms with E-state index in [1.807, 2.05) is 0 Å². The van der Waals surface area contributed by atoms with E-state index in [1.54, 1.807) is 6.07 Å². The molecule has 1 aliphatic rings. The first kappa shape index (κ1) is 19.8. The van der Waals surface area contributed by atoms with Gasteiger partial charge in [0.15, 0.2) is 5.78 Å². The smallest absolute Gasteiger partial charge is 0.387 e. The molecule has 27 heavy (non-hydrogen) atoms. The first-order valence-electron chi connectivity index (χ1n) is 8.38. The van der Waals surface area contributed by atoms with Crippen molar-refractivity contribution in [3.63, 3.8) is 0 Å². The van der Waals surface area contributed by atoms with E-state index in [4.69, 9.17) is 11.6 Å². The van der Waals surface area contributed by atoms with Crippen molar-refractivity contribution in [1.29, 1.82) is 0 Å². The number of pyridine rings is 1. The van der Waals surface area contributed by atoms with Crippen molar-refractivity contribution in [3.8, 4) is 0 Å². The quantitative estimate of drug-likeness (QED) is 0.816. The summed E-state index contributed by atoms with van der Waals surface area (Å²) in [6.07, 6.45) is -4.05. The lowest BCUT2D eigenvalue weighted by Gasteiger charge is -2.34. The van der Waals surface area contributed by atoms with Crippen LogP contribution >= 0.6 is 11.6 Å². The zero-order valence-electron chi connectivity index (χ0n) is 14.1. The summed E-state index contributed by atoms with van der Waals surface area (Å²) in [4.78, 5) is 16.8. The minimum absolute atomic E-state index is 0.0159. The van der Waals surface area contributed by atoms with Crippen LogP contribution in [0.3, 0.4) is 0 Å². The largest absolute Gasteiger partial charge is 0.417 e. The number of alkyl halides is 3. The normalized spacial score (nSPS) is 22.4. The van der Waals surface area contributed by atoms with Crippen LogP contribution in [0.2, 0.25) is 5.02 Å². The Bertz CT molecular complexity index is 872. The minimum atomic E-state index is -4.58. The Hall–Kier alpha value is -1.96. The molecule has 144 valence electrons. The lowest BCUT2D eigenvalue weighted by molar-refractivity contribution is -0.141. The fourth-order valence-electron chi connectivity index (χ4n) is 3.39. The molecule has 0 fully saturated rings. The third-order valence-corrected chi connectivity index (χ3v) is 5.29. The molecule has 2 aromatic rings. The van der Waals surface area contributed by atoms with Gasteiger partial charge in [-0.05, 0) is 37.0 Å². The summed E-state index contributed by atoms with van der Waals surface area (Å²) >= 11 is 5.86. The van der Waals surface area contributed by atoms with Crippen molar-refractivity contribution >= 4 is 17.4 Å². The van der Waals surface area contributed by atoms with Crippen LogP contribution in [0.15, 0.2) is 36.5 Å². The van der Waals surface area contributed by atoms with Crippen molar-refractivity contribution in [2.75, 3.05) is 0 Å². The molecule has 2 N–H and O–H groups in total. The summed E-state index contributed by atoms with van der Waals surface area (Å²) in [5.74, 6) is -0.544. The van der Waals surface area contributed by atoms with E-state index in [2.05, 4.69) is 4.98 Å². The molecule has 3 rings (SSSR count). The number of aryl methyl sites for hydroxylation is 1. The third-order valence-electron chi connectivity index (χ3n) is 4.85. The number of rotatable bonds is 4. The van der Waals surface area contributed by atoms with Crippen LogP contribution in [0.4, 0.5) is 13.2 Å². The summed E-state index contributed by atoms with van der Waals surface area (Å²) < 4.78 is 38.9. The Morgan fingerprint density at radius 2 is 2.04 bits per heavy atom. The molecule has 0 saturated heterocycles. The standard InChI is InChI=1S/C19H17ClF3NO3/c20-16-11(3-1-4-12(16)19(21,22)23)6-7-15(26)18(27)9-8-14(25)17-13(18)5-2-10-24-17/h1-5,10,14,25,27H,6-9H2. The molecule has 1 aromatic heterocycles. The number of nitrogens with zero attached hydrogens (tertiary/aromatic N) is 1. The van der Waals surface area contributed by atoms with Crippen LogP contribution in [-0.4, -0.2) is 21.0 Å². The number of halogens is 4. The van der Waals surface area contributed by atoms with Crippen molar-refractivity contribution in [2.24, 2.45) is 0 Å². The predicted octanol–water partition coefficient (Wildman–Crippen LogP) is 3.97. The number of carbonyl (C=O) groups is 1. The second kappa shape index (κ2) is 7.22. The van der Waals surface area contributed by atoms with Crippen molar-refractivity contribution in [3.05, 3.63) is 63.9 Å². The van der Waals surface area contributed by atoms with Crippen LogP contribution in [0.5, 0.6) is 0 Å². The van der Waals surface area contributed by atoms with E-state index < -0.39 is 34.3 Å². The zero-order valence-corrected chi connectivity index (χ0v) is 14.9. The number of aromatic nitrogens is 1. The summed E-state index contributed by atoms with van der Waals surface area (Å²) in [6.45, 7) is 0. The van der Waals surface area contributed by atoms with Crippen LogP contribution in [-0.2, 0) is 23.0 Å². The number of ketones is 1. The molecule has 1 aromatic carbocycles. The first-order chi connectivity index (χ1) is 12.6. The fourth-order valence-corrected chi connectivity index (χ4v) is 3.71.